The zero-order valence-electron chi connectivity index (χ0n) is 18.4. The monoisotopic (exact) mass is 454 g/mol. The standard InChI is InChI=1S/C24H30N4O3S/c1-17-15-22(29)26-20-6-2-3-7-21(20)28(17)23(30)16-27-12-9-18(10-13-27)24(31)25-11-8-19-5-4-14-32-19/h2-7,14,17-18H,8-13,15-16H2,1H3,(H,25,31)(H,26,29). The van der Waals surface area contributed by atoms with Gasteiger partial charge in [-0.2, -0.15) is 0 Å². The summed E-state index contributed by atoms with van der Waals surface area (Å²) < 4.78 is 0. The highest BCUT2D eigenvalue weighted by molar-refractivity contribution is 7.09. The van der Waals surface area contributed by atoms with Crippen LogP contribution < -0.4 is 15.5 Å². The number of hydrogen-bond donors (Lipinski definition) is 2. The number of piperidine rings is 1. The van der Waals surface area contributed by atoms with E-state index in [0.29, 0.717) is 18.8 Å². The molecule has 2 aromatic rings. The lowest BCUT2D eigenvalue weighted by Crippen LogP contribution is -2.48. The van der Waals surface area contributed by atoms with Crippen LogP contribution >= 0.6 is 11.3 Å². The lowest BCUT2D eigenvalue weighted by molar-refractivity contribution is -0.126. The van der Waals surface area contributed by atoms with E-state index in [1.54, 1.807) is 16.2 Å². The minimum Gasteiger partial charge on any atom is -0.355 e. The Labute approximate surface area is 192 Å². The van der Waals surface area contributed by atoms with E-state index in [2.05, 4.69) is 21.6 Å². The summed E-state index contributed by atoms with van der Waals surface area (Å²) in [7, 11) is 0. The highest BCUT2D eigenvalue weighted by atomic mass is 32.1. The van der Waals surface area contributed by atoms with E-state index in [1.165, 1.54) is 4.88 Å². The van der Waals surface area contributed by atoms with Gasteiger partial charge in [-0.3, -0.25) is 19.3 Å². The van der Waals surface area contributed by atoms with Crippen molar-refractivity contribution in [1.82, 2.24) is 10.2 Å². The first-order valence-electron chi connectivity index (χ1n) is 11.2. The molecule has 1 aromatic heterocycles. The molecule has 0 aliphatic carbocycles. The Bertz CT molecular complexity index is 954. The molecule has 2 aliphatic heterocycles. The first-order valence-corrected chi connectivity index (χ1v) is 12.1. The Kier molecular flexibility index (Phi) is 7.22. The van der Waals surface area contributed by atoms with Gasteiger partial charge in [0.2, 0.25) is 17.7 Å². The van der Waals surface area contributed by atoms with Crippen molar-refractivity contribution >= 4 is 40.4 Å². The van der Waals surface area contributed by atoms with Gasteiger partial charge in [-0.05, 0) is 62.9 Å². The Morgan fingerprint density at radius 3 is 2.69 bits per heavy atom. The van der Waals surface area contributed by atoms with Crippen molar-refractivity contribution < 1.29 is 14.4 Å². The number of amides is 3. The minimum atomic E-state index is -0.210. The smallest absolute Gasteiger partial charge is 0.241 e. The van der Waals surface area contributed by atoms with Crippen LogP contribution in [0.4, 0.5) is 11.4 Å². The number of carbonyl (C=O) groups is 3. The van der Waals surface area contributed by atoms with E-state index in [4.69, 9.17) is 0 Å². The zero-order valence-corrected chi connectivity index (χ0v) is 19.2. The molecule has 4 rings (SSSR count). The molecule has 1 saturated heterocycles. The fourth-order valence-electron chi connectivity index (χ4n) is 4.50. The molecule has 32 heavy (non-hydrogen) atoms. The van der Waals surface area contributed by atoms with Gasteiger partial charge in [0.05, 0.1) is 17.9 Å². The van der Waals surface area contributed by atoms with Gasteiger partial charge in [-0.1, -0.05) is 18.2 Å². The molecule has 0 saturated carbocycles. The minimum absolute atomic E-state index is 0.00402. The third-order valence-corrected chi connectivity index (χ3v) is 7.13. The Balaban J connectivity index is 1.28. The largest absolute Gasteiger partial charge is 0.355 e. The van der Waals surface area contributed by atoms with Crippen LogP contribution in [0.5, 0.6) is 0 Å². The van der Waals surface area contributed by atoms with Crippen LogP contribution in [0.3, 0.4) is 0 Å². The molecule has 0 radical (unpaired) electrons. The first kappa shape index (κ1) is 22.5. The maximum Gasteiger partial charge on any atom is 0.241 e. The lowest BCUT2D eigenvalue weighted by atomic mass is 9.96. The van der Waals surface area contributed by atoms with Crippen molar-refractivity contribution in [2.75, 3.05) is 36.4 Å². The van der Waals surface area contributed by atoms with Crippen LogP contribution in [-0.2, 0) is 20.8 Å². The Morgan fingerprint density at radius 1 is 1.16 bits per heavy atom. The van der Waals surface area contributed by atoms with Crippen LogP contribution in [0.2, 0.25) is 0 Å². The molecule has 170 valence electrons. The van der Waals surface area contributed by atoms with Crippen LogP contribution in [0, 0.1) is 5.92 Å². The number of thiophene rings is 1. The maximum absolute atomic E-state index is 13.2. The van der Waals surface area contributed by atoms with Gasteiger partial charge in [0, 0.05) is 29.8 Å². The molecular weight excluding hydrogens is 424 g/mol. The van der Waals surface area contributed by atoms with Crippen molar-refractivity contribution in [2.45, 2.75) is 38.6 Å². The number of nitrogens with one attached hydrogen (secondary N) is 2. The van der Waals surface area contributed by atoms with Gasteiger partial charge in [0.25, 0.3) is 0 Å². The summed E-state index contributed by atoms with van der Waals surface area (Å²) in [6.45, 7) is 4.30. The molecule has 2 aliphatic rings. The molecule has 3 amide bonds. The van der Waals surface area contributed by atoms with E-state index >= 15 is 0 Å². The quantitative estimate of drug-likeness (QED) is 0.703. The molecule has 1 fully saturated rings. The SMILES string of the molecule is CC1CC(=O)Nc2ccccc2N1C(=O)CN1CCC(C(=O)NCCc2cccs2)CC1. The number of anilines is 2. The predicted octanol–water partition coefficient (Wildman–Crippen LogP) is 2.88. The normalized spacial score (nSPS) is 19.7. The van der Waals surface area contributed by atoms with Crippen molar-refractivity contribution in [3.8, 4) is 0 Å². The fraction of sp³-hybridized carbons (Fsp3) is 0.458. The number of rotatable bonds is 6. The predicted molar refractivity (Wildman–Crippen MR) is 127 cm³/mol. The molecule has 1 atom stereocenters. The van der Waals surface area contributed by atoms with Gasteiger partial charge in [-0.15, -0.1) is 11.3 Å². The van der Waals surface area contributed by atoms with Crippen LogP contribution in [0.1, 0.15) is 31.1 Å². The molecule has 7 nitrogen and oxygen atoms in total. The average molecular weight is 455 g/mol. The summed E-state index contributed by atoms with van der Waals surface area (Å²) >= 11 is 1.71. The number of nitrogens with zero attached hydrogens (tertiary/aromatic N) is 2. The Hall–Kier alpha value is -2.71. The van der Waals surface area contributed by atoms with E-state index in [9.17, 15) is 14.4 Å². The molecular formula is C24H30N4O3S. The third kappa shape index (κ3) is 5.37. The van der Waals surface area contributed by atoms with E-state index in [-0.39, 0.29) is 36.1 Å². The number of carbonyl (C=O) groups excluding carboxylic acids is 3. The summed E-state index contributed by atoms with van der Waals surface area (Å²) in [5, 5.41) is 8.01. The van der Waals surface area contributed by atoms with E-state index < -0.39 is 0 Å². The fourth-order valence-corrected chi connectivity index (χ4v) is 5.21. The number of fused-ring (bicyclic) bond motifs is 1. The second-order valence-electron chi connectivity index (χ2n) is 8.55. The van der Waals surface area contributed by atoms with Crippen LogP contribution in [0.15, 0.2) is 41.8 Å². The summed E-state index contributed by atoms with van der Waals surface area (Å²) in [4.78, 5) is 43.0. The van der Waals surface area contributed by atoms with Crippen LogP contribution in [-0.4, -0.2) is 54.8 Å². The molecule has 0 bridgehead atoms. The number of hydrogen-bond acceptors (Lipinski definition) is 5. The molecule has 2 N–H and O–H groups in total. The molecule has 1 unspecified atom stereocenters. The van der Waals surface area contributed by atoms with Crippen molar-refractivity contribution in [3.63, 3.8) is 0 Å². The summed E-state index contributed by atoms with van der Waals surface area (Å²) in [5.41, 5.74) is 1.42. The summed E-state index contributed by atoms with van der Waals surface area (Å²) in [6, 6.07) is 11.3. The van der Waals surface area contributed by atoms with Gasteiger partial charge in [-0.25, -0.2) is 0 Å². The number of likely N-dealkylation sites (tertiary alicyclic amines) is 1. The summed E-state index contributed by atoms with van der Waals surface area (Å²) in [5.74, 6) is 0.0305. The lowest BCUT2D eigenvalue weighted by Gasteiger charge is -2.34. The molecule has 8 heteroatoms. The van der Waals surface area contributed by atoms with Gasteiger partial charge in [0.1, 0.15) is 0 Å². The second kappa shape index (κ2) is 10.3. The molecule has 0 spiro atoms. The highest BCUT2D eigenvalue weighted by Crippen LogP contribution is 2.31. The maximum atomic E-state index is 13.2. The second-order valence-corrected chi connectivity index (χ2v) is 9.59. The third-order valence-electron chi connectivity index (χ3n) is 6.20. The molecule has 3 heterocycles. The molecule has 1 aromatic carbocycles. The summed E-state index contributed by atoms with van der Waals surface area (Å²) in [6.07, 6.45) is 2.65. The average Bonchev–Trinajstić information content (AvgIpc) is 3.24. The topological polar surface area (TPSA) is 81.8 Å². The Morgan fingerprint density at radius 2 is 1.94 bits per heavy atom. The van der Waals surface area contributed by atoms with E-state index in [0.717, 1.165) is 38.0 Å². The highest BCUT2D eigenvalue weighted by Gasteiger charge is 2.32. The van der Waals surface area contributed by atoms with Crippen molar-refractivity contribution in [3.05, 3.63) is 46.7 Å². The van der Waals surface area contributed by atoms with E-state index in [1.807, 2.05) is 42.6 Å². The number of benzene rings is 1. The van der Waals surface area contributed by atoms with Crippen molar-refractivity contribution in [1.29, 1.82) is 0 Å². The van der Waals surface area contributed by atoms with Crippen molar-refractivity contribution in [2.24, 2.45) is 5.92 Å². The zero-order chi connectivity index (χ0) is 22.5. The number of para-hydroxylation sites is 2. The van der Waals surface area contributed by atoms with Gasteiger partial charge >= 0.3 is 0 Å². The van der Waals surface area contributed by atoms with Gasteiger partial charge < -0.3 is 15.5 Å². The van der Waals surface area contributed by atoms with Crippen LogP contribution in [0.25, 0.3) is 0 Å². The first-order chi connectivity index (χ1) is 15.5. The van der Waals surface area contributed by atoms with Gasteiger partial charge in [0.15, 0.2) is 0 Å².